The number of rotatable bonds is 3. The lowest BCUT2D eigenvalue weighted by molar-refractivity contribution is -0.137. The van der Waals surface area contributed by atoms with Crippen LogP contribution in [0.4, 0.5) is 13.2 Å². The van der Waals surface area contributed by atoms with Crippen LogP contribution in [-0.2, 0) is 12.7 Å². The van der Waals surface area contributed by atoms with Gasteiger partial charge in [-0.05, 0) is 24.3 Å². The molecule has 2 aromatic carbocycles. The molecule has 150 valence electrons. The minimum atomic E-state index is -4.46. The first-order valence-electron chi connectivity index (χ1n) is 8.67. The van der Waals surface area contributed by atoms with Crippen LogP contribution >= 0.6 is 11.3 Å². The van der Waals surface area contributed by atoms with Crippen molar-refractivity contribution in [2.24, 2.45) is 4.99 Å². The van der Waals surface area contributed by atoms with E-state index in [9.17, 15) is 18.0 Å². The van der Waals surface area contributed by atoms with Crippen molar-refractivity contribution < 1.29 is 27.4 Å². The van der Waals surface area contributed by atoms with Gasteiger partial charge in [-0.3, -0.25) is 4.79 Å². The molecule has 0 saturated carbocycles. The van der Waals surface area contributed by atoms with E-state index >= 15 is 0 Å². The molecule has 9 heteroatoms. The van der Waals surface area contributed by atoms with Crippen LogP contribution in [0.5, 0.6) is 11.5 Å². The quantitative estimate of drug-likeness (QED) is 0.590. The molecular weight excluding hydrogens is 405 g/mol. The molecule has 0 fully saturated rings. The molecule has 1 aromatic heterocycles. The van der Waals surface area contributed by atoms with E-state index in [1.54, 1.807) is 10.6 Å². The van der Waals surface area contributed by atoms with Gasteiger partial charge in [0.25, 0.3) is 5.91 Å². The molecule has 29 heavy (non-hydrogen) atoms. The molecule has 0 aliphatic carbocycles. The highest BCUT2D eigenvalue weighted by Gasteiger charge is 2.30. The van der Waals surface area contributed by atoms with Crippen molar-refractivity contribution in [3.63, 3.8) is 0 Å². The first-order chi connectivity index (χ1) is 13.9. The van der Waals surface area contributed by atoms with Gasteiger partial charge in [0.2, 0.25) is 0 Å². The Labute approximate surface area is 167 Å². The number of halogens is 3. The number of aromatic nitrogens is 1. The molecular formula is C20H15F3N2O3S. The highest BCUT2D eigenvalue weighted by atomic mass is 32.1. The van der Waals surface area contributed by atoms with Crippen LogP contribution in [0.2, 0.25) is 0 Å². The Morgan fingerprint density at radius 2 is 1.83 bits per heavy atom. The van der Waals surface area contributed by atoms with Gasteiger partial charge >= 0.3 is 6.18 Å². The number of fused-ring (bicyclic) bond motifs is 2. The molecule has 0 spiro atoms. The number of thiazole rings is 1. The van der Waals surface area contributed by atoms with E-state index in [1.165, 1.54) is 11.3 Å². The minimum absolute atomic E-state index is 0.0755. The van der Waals surface area contributed by atoms with Gasteiger partial charge in [-0.1, -0.05) is 17.4 Å². The summed E-state index contributed by atoms with van der Waals surface area (Å²) < 4.78 is 52.0. The molecule has 0 N–H and O–H groups in total. The van der Waals surface area contributed by atoms with Crippen LogP contribution in [-0.4, -0.2) is 23.7 Å². The Morgan fingerprint density at radius 3 is 2.45 bits per heavy atom. The number of ether oxygens (including phenoxy) is 2. The molecule has 1 aliphatic rings. The summed E-state index contributed by atoms with van der Waals surface area (Å²) in [7, 11) is 0. The van der Waals surface area contributed by atoms with Gasteiger partial charge in [0.05, 0.1) is 15.8 Å². The number of carbonyl (C=O) groups is 1. The van der Waals surface area contributed by atoms with Crippen LogP contribution in [0, 0.1) is 0 Å². The summed E-state index contributed by atoms with van der Waals surface area (Å²) in [6, 6.07) is 7.64. The predicted molar refractivity (Wildman–Crippen MR) is 102 cm³/mol. The van der Waals surface area contributed by atoms with Gasteiger partial charge in [-0.2, -0.15) is 18.2 Å². The van der Waals surface area contributed by atoms with Crippen LogP contribution in [0.15, 0.2) is 54.0 Å². The second-order valence-corrected chi connectivity index (χ2v) is 7.25. The standard InChI is InChI=1S/C20H15F3N2O3S/c1-2-7-25-14-10-15-16(28-9-8-27-15)11-17(14)29-19(25)24-18(26)12-3-5-13(6-4-12)20(21,22)23/h2-6,10-11H,1,7-9H2. The average molecular weight is 420 g/mol. The number of allylic oxidation sites excluding steroid dienone is 1. The smallest absolute Gasteiger partial charge is 0.416 e. The van der Waals surface area contributed by atoms with Gasteiger partial charge < -0.3 is 14.0 Å². The predicted octanol–water partition coefficient (Wildman–Crippen LogP) is 4.42. The lowest BCUT2D eigenvalue weighted by atomic mass is 10.1. The summed E-state index contributed by atoms with van der Waals surface area (Å²) in [6.07, 6.45) is -2.79. The van der Waals surface area contributed by atoms with Gasteiger partial charge in [0, 0.05) is 24.2 Å². The fourth-order valence-electron chi connectivity index (χ4n) is 2.95. The topological polar surface area (TPSA) is 52.8 Å². The molecule has 0 atom stereocenters. The zero-order valence-electron chi connectivity index (χ0n) is 15.0. The van der Waals surface area contributed by atoms with Crippen LogP contribution in [0.1, 0.15) is 15.9 Å². The third-order valence-corrected chi connectivity index (χ3v) is 5.36. The first-order valence-corrected chi connectivity index (χ1v) is 9.48. The zero-order valence-corrected chi connectivity index (χ0v) is 15.8. The summed E-state index contributed by atoms with van der Waals surface area (Å²) in [5, 5.41) is 0. The van der Waals surface area contributed by atoms with Crippen molar-refractivity contribution in [3.8, 4) is 11.5 Å². The molecule has 1 amide bonds. The number of alkyl halides is 3. The Hall–Kier alpha value is -3.07. The number of hydrogen-bond acceptors (Lipinski definition) is 4. The second kappa shape index (κ2) is 7.40. The molecule has 4 rings (SSSR count). The van der Waals surface area contributed by atoms with E-state index < -0.39 is 17.6 Å². The van der Waals surface area contributed by atoms with E-state index in [0.717, 1.165) is 34.5 Å². The Kier molecular flexibility index (Phi) is 4.91. The number of benzene rings is 2. The fourth-order valence-corrected chi connectivity index (χ4v) is 4.00. The van der Waals surface area contributed by atoms with Gasteiger partial charge in [0.15, 0.2) is 16.3 Å². The molecule has 0 unspecified atom stereocenters. The molecule has 0 radical (unpaired) electrons. The summed E-state index contributed by atoms with van der Waals surface area (Å²) in [5.41, 5.74) is 0.0629. The first kappa shape index (κ1) is 19.3. The van der Waals surface area contributed by atoms with Crippen LogP contribution in [0.3, 0.4) is 0 Å². The molecule has 3 aromatic rings. The summed E-state index contributed by atoms with van der Waals surface area (Å²) in [6.45, 7) is 5.05. The normalized spacial score (nSPS) is 14.2. The van der Waals surface area contributed by atoms with Gasteiger partial charge in [-0.25, -0.2) is 0 Å². The van der Waals surface area contributed by atoms with E-state index in [1.807, 2.05) is 12.1 Å². The summed E-state index contributed by atoms with van der Waals surface area (Å²) in [4.78, 5) is 17.1. The second-order valence-electron chi connectivity index (χ2n) is 6.24. The maximum atomic E-state index is 12.7. The number of carbonyl (C=O) groups excluding carboxylic acids is 1. The van der Waals surface area contributed by atoms with Crippen molar-refractivity contribution in [1.29, 1.82) is 0 Å². The van der Waals surface area contributed by atoms with Crippen molar-refractivity contribution in [2.75, 3.05) is 13.2 Å². The lowest BCUT2D eigenvalue weighted by Crippen LogP contribution is -2.17. The number of amides is 1. The molecule has 1 aliphatic heterocycles. The maximum absolute atomic E-state index is 12.7. The average Bonchev–Trinajstić information content (AvgIpc) is 3.02. The van der Waals surface area contributed by atoms with E-state index in [2.05, 4.69) is 11.6 Å². The Balaban J connectivity index is 1.77. The monoisotopic (exact) mass is 420 g/mol. The van der Waals surface area contributed by atoms with Crippen molar-refractivity contribution >= 4 is 27.5 Å². The molecule has 0 bridgehead atoms. The van der Waals surface area contributed by atoms with E-state index in [4.69, 9.17) is 9.47 Å². The third kappa shape index (κ3) is 3.77. The summed E-state index contributed by atoms with van der Waals surface area (Å²) in [5.74, 6) is 0.608. The number of nitrogens with zero attached hydrogens (tertiary/aromatic N) is 2. The maximum Gasteiger partial charge on any atom is 0.416 e. The highest BCUT2D eigenvalue weighted by molar-refractivity contribution is 7.16. The minimum Gasteiger partial charge on any atom is -0.486 e. The molecule has 2 heterocycles. The Bertz CT molecular complexity index is 1160. The SMILES string of the molecule is C=CCn1c(=NC(=O)c2ccc(C(F)(F)F)cc2)sc2cc3c(cc21)OCCO3. The van der Waals surface area contributed by atoms with Crippen LogP contribution < -0.4 is 14.3 Å². The fraction of sp³-hybridized carbons (Fsp3) is 0.200. The van der Waals surface area contributed by atoms with E-state index in [-0.39, 0.29) is 5.56 Å². The Morgan fingerprint density at radius 1 is 1.17 bits per heavy atom. The zero-order chi connectivity index (χ0) is 20.6. The summed E-state index contributed by atoms with van der Waals surface area (Å²) >= 11 is 1.28. The van der Waals surface area contributed by atoms with Crippen molar-refractivity contribution in [1.82, 2.24) is 4.57 Å². The van der Waals surface area contributed by atoms with Crippen LogP contribution in [0.25, 0.3) is 10.2 Å². The molecule has 0 saturated heterocycles. The number of hydrogen-bond donors (Lipinski definition) is 0. The third-order valence-electron chi connectivity index (χ3n) is 4.31. The van der Waals surface area contributed by atoms with Gasteiger partial charge in [-0.15, -0.1) is 6.58 Å². The lowest BCUT2D eigenvalue weighted by Gasteiger charge is -2.18. The van der Waals surface area contributed by atoms with Crippen molar-refractivity contribution in [3.05, 3.63) is 65.0 Å². The largest absolute Gasteiger partial charge is 0.486 e. The molecule has 5 nitrogen and oxygen atoms in total. The van der Waals surface area contributed by atoms with Crippen molar-refractivity contribution in [2.45, 2.75) is 12.7 Å². The van der Waals surface area contributed by atoms with Gasteiger partial charge in [0.1, 0.15) is 13.2 Å². The van der Waals surface area contributed by atoms with E-state index in [0.29, 0.717) is 36.1 Å². The highest BCUT2D eigenvalue weighted by Crippen LogP contribution is 2.35.